The summed E-state index contributed by atoms with van der Waals surface area (Å²) >= 11 is 0. The Hall–Kier alpha value is -3.67. The zero-order chi connectivity index (χ0) is 47.9. The highest BCUT2D eigenvalue weighted by molar-refractivity contribution is 5.71. The third kappa shape index (κ3) is 51.3. The molecule has 0 bridgehead atoms. The maximum atomic E-state index is 12.7. The lowest BCUT2D eigenvalue weighted by Crippen LogP contribution is -2.30. The average molecular weight is 917 g/mol. The lowest BCUT2D eigenvalue weighted by atomic mass is 10.1. The smallest absolute Gasteiger partial charge is 0.306 e. The van der Waals surface area contributed by atoms with Gasteiger partial charge in [-0.25, -0.2) is 0 Å². The molecule has 376 valence electrons. The van der Waals surface area contributed by atoms with E-state index in [4.69, 9.17) is 14.2 Å². The van der Waals surface area contributed by atoms with E-state index in [9.17, 15) is 14.4 Å². The summed E-state index contributed by atoms with van der Waals surface area (Å²) in [5.74, 6) is -1.01. The van der Waals surface area contributed by atoms with Crippen LogP contribution in [0.3, 0.4) is 0 Å². The second kappa shape index (κ2) is 53.9. The van der Waals surface area contributed by atoms with Crippen LogP contribution in [0.2, 0.25) is 0 Å². The van der Waals surface area contributed by atoms with Crippen molar-refractivity contribution in [1.82, 2.24) is 0 Å². The van der Waals surface area contributed by atoms with Crippen molar-refractivity contribution >= 4 is 17.9 Å². The second-order valence-corrected chi connectivity index (χ2v) is 17.7. The van der Waals surface area contributed by atoms with Crippen molar-refractivity contribution in [2.45, 2.75) is 252 Å². The number of unbranched alkanes of at least 4 members (excludes halogenated alkanes) is 21. The molecule has 6 nitrogen and oxygen atoms in total. The van der Waals surface area contributed by atoms with E-state index in [1.54, 1.807) is 0 Å². The summed E-state index contributed by atoms with van der Waals surface area (Å²) in [5, 5.41) is 0. The topological polar surface area (TPSA) is 78.9 Å². The fourth-order valence-corrected chi connectivity index (χ4v) is 7.23. The van der Waals surface area contributed by atoms with Crippen LogP contribution in [0.1, 0.15) is 245 Å². The molecule has 1 unspecified atom stereocenters. The average Bonchev–Trinajstić information content (AvgIpc) is 3.31. The van der Waals surface area contributed by atoms with E-state index in [1.165, 1.54) is 103 Å². The maximum absolute atomic E-state index is 12.7. The molecule has 0 radical (unpaired) electrons. The van der Waals surface area contributed by atoms with Gasteiger partial charge in [0, 0.05) is 19.3 Å². The number of esters is 3. The molecule has 0 amide bonds. The molecule has 0 saturated carbocycles. The maximum Gasteiger partial charge on any atom is 0.306 e. The highest BCUT2D eigenvalue weighted by atomic mass is 16.6. The molecule has 0 aliphatic carbocycles. The molecule has 0 fully saturated rings. The molecule has 0 aliphatic heterocycles. The fraction of sp³-hybridized carbons (Fsp3) is 0.683. The van der Waals surface area contributed by atoms with Crippen LogP contribution < -0.4 is 0 Å². The van der Waals surface area contributed by atoms with E-state index in [0.29, 0.717) is 19.3 Å². The van der Waals surface area contributed by atoms with E-state index < -0.39 is 12.1 Å². The molecule has 0 spiro atoms. The van der Waals surface area contributed by atoms with Gasteiger partial charge in [-0.1, -0.05) is 221 Å². The van der Waals surface area contributed by atoms with Gasteiger partial charge in [0.15, 0.2) is 6.10 Å². The van der Waals surface area contributed by atoms with Gasteiger partial charge in [0.05, 0.1) is 0 Å². The van der Waals surface area contributed by atoms with Crippen molar-refractivity contribution in [3.63, 3.8) is 0 Å². The molecule has 0 aromatic rings. The Morgan fingerprint density at radius 3 is 1.06 bits per heavy atom. The Kier molecular flexibility index (Phi) is 50.9. The molecule has 6 heteroatoms. The summed E-state index contributed by atoms with van der Waals surface area (Å²) in [6.45, 7) is 6.37. The normalized spacial score (nSPS) is 12.8. The van der Waals surface area contributed by atoms with Crippen molar-refractivity contribution in [3.05, 3.63) is 97.2 Å². The van der Waals surface area contributed by atoms with E-state index in [2.05, 4.69) is 106 Å². The molecular formula is C60H100O6. The van der Waals surface area contributed by atoms with Crippen LogP contribution in [0.4, 0.5) is 0 Å². The summed E-state index contributed by atoms with van der Waals surface area (Å²) in [7, 11) is 0. The predicted molar refractivity (Wildman–Crippen MR) is 284 cm³/mol. The number of carbonyl (C=O) groups excluding carboxylic acids is 3. The third-order valence-electron chi connectivity index (χ3n) is 11.3. The molecule has 0 aromatic carbocycles. The lowest BCUT2D eigenvalue weighted by molar-refractivity contribution is -0.166. The molecule has 0 rings (SSSR count). The summed E-state index contributed by atoms with van der Waals surface area (Å²) in [6.07, 6.45) is 71.4. The van der Waals surface area contributed by atoms with Gasteiger partial charge in [-0.05, 0) is 103 Å². The van der Waals surface area contributed by atoms with Crippen LogP contribution in [-0.2, 0) is 28.6 Å². The Morgan fingerprint density at radius 2 is 0.652 bits per heavy atom. The number of hydrogen-bond donors (Lipinski definition) is 0. The minimum Gasteiger partial charge on any atom is -0.462 e. The van der Waals surface area contributed by atoms with Gasteiger partial charge in [-0.3, -0.25) is 14.4 Å². The van der Waals surface area contributed by atoms with E-state index >= 15 is 0 Å². The van der Waals surface area contributed by atoms with Gasteiger partial charge in [0.1, 0.15) is 13.2 Å². The summed E-state index contributed by atoms with van der Waals surface area (Å²) < 4.78 is 16.7. The molecule has 0 aromatic heterocycles. The van der Waals surface area contributed by atoms with Gasteiger partial charge >= 0.3 is 17.9 Å². The second-order valence-electron chi connectivity index (χ2n) is 17.7. The Bertz CT molecular complexity index is 1330. The van der Waals surface area contributed by atoms with Gasteiger partial charge in [0.2, 0.25) is 0 Å². The van der Waals surface area contributed by atoms with Gasteiger partial charge in [0.25, 0.3) is 0 Å². The number of ether oxygens (including phenoxy) is 3. The quantitative estimate of drug-likeness (QED) is 0.0262. The number of allylic oxidation sites excluding steroid dienone is 16. The van der Waals surface area contributed by atoms with Crippen molar-refractivity contribution in [3.8, 4) is 0 Å². The predicted octanol–water partition coefficient (Wildman–Crippen LogP) is 18.1. The molecule has 1 atom stereocenters. The van der Waals surface area contributed by atoms with Crippen LogP contribution in [-0.4, -0.2) is 37.2 Å². The van der Waals surface area contributed by atoms with Crippen LogP contribution in [0, 0.1) is 0 Å². The van der Waals surface area contributed by atoms with Crippen LogP contribution >= 0.6 is 0 Å². The molecule has 0 N–H and O–H groups in total. The molecule has 0 saturated heterocycles. The first-order chi connectivity index (χ1) is 32.5. The Labute approximate surface area is 407 Å². The largest absolute Gasteiger partial charge is 0.462 e. The highest BCUT2D eigenvalue weighted by Gasteiger charge is 2.19. The standard InChI is InChI=1S/C60H100O6/c1-4-7-10-13-16-19-22-24-25-26-27-28-29-30-31-32-33-34-35-37-38-41-44-47-50-53-59(62)65-56-57(55-64-58(61)52-49-46-43-40-21-18-15-12-9-6-3)66-60(63)54-51-48-45-42-39-36-23-20-17-14-11-8-5-2/h8,11-12,15,17,20,22,24,26-27,29-30,36,39,45,48,57H,4-7,9-10,13-14,16,18-19,21,23,25,28,31-35,37-38,40-44,46-47,49-56H2,1-3H3/b11-8-,15-12-,20-17-,24-22-,27-26-,30-29-,39-36-,48-45-. The molecule has 0 heterocycles. The first kappa shape index (κ1) is 62.3. The summed E-state index contributed by atoms with van der Waals surface area (Å²) in [5.41, 5.74) is 0. The fourth-order valence-electron chi connectivity index (χ4n) is 7.23. The molecule has 66 heavy (non-hydrogen) atoms. The monoisotopic (exact) mass is 917 g/mol. The van der Waals surface area contributed by atoms with Crippen molar-refractivity contribution < 1.29 is 28.6 Å². The lowest BCUT2D eigenvalue weighted by Gasteiger charge is -2.18. The van der Waals surface area contributed by atoms with Crippen molar-refractivity contribution in [2.75, 3.05) is 13.2 Å². The minimum atomic E-state index is -0.820. The SMILES string of the molecule is CC/C=C\C/C=C\C/C=C\C/C=C\CCC(=O)OC(COC(=O)CCCCCCC/C=C\CCC)COC(=O)CCCCCCCCCCCC/C=C\C/C=C\C/C=C\CCCCCCC. The summed E-state index contributed by atoms with van der Waals surface area (Å²) in [4.78, 5) is 37.9. The molecular weight excluding hydrogens is 817 g/mol. The van der Waals surface area contributed by atoms with Crippen LogP contribution in [0.5, 0.6) is 0 Å². The van der Waals surface area contributed by atoms with Gasteiger partial charge < -0.3 is 14.2 Å². The Balaban J connectivity index is 4.30. The van der Waals surface area contributed by atoms with Crippen LogP contribution in [0.15, 0.2) is 97.2 Å². The van der Waals surface area contributed by atoms with E-state index in [-0.39, 0.29) is 31.6 Å². The van der Waals surface area contributed by atoms with Gasteiger partial charge in [-0.15, -0.1) is 0 Å². The van der Waals surface area contributed by atoms with E-state index in [1.807, 2.05) is 12.2 Å². The van der Waals surface area contributed by atoms with Crippen molar-refractivity contribution in [2.24, 2.45) is 0 Å². The first-order valence-corrected chi connectivity index (χ1v) is 27.2. The Morgan fingerprint density at radius 1 is 0.318 bits per heavy atom. The highest BCUT2D eigenvalue weighted by Crippen LogP contribution is 2.14. The molecule has 0 aliphatic rings. The zero-order valence-corrected chi connectivity index (χ0v) is 42.9. The van der Waals surface area contributed by atoms with E-state index in [0.717, 1.165) is 96.3 Å². The number of hydrogen-bond acceptors (Lipinski definition) is 6. The first-order valence-electron chi connectivity index (χ1n) is 27.2. The van der Waals surface area contributed by atoms with Gasteiger partial charge in [-0.2, -0.15) is 0 Å². The third-order valence-corrected chi connectivity index (χ3v) is 11.3. The van der Waals surface area contributed by atoms with Crippen molar-refractivity contribution in [1.29, 1.82) is 0 Å². The minimum absolute atomic E-state index is 0.112. The zero-order valence-electron chi connectivity index (χ0n) is 42.9. The number of rotatable bonds is 48. The van der Waals surface area contributed by atoms with Crippen LogP contribution in [0.25, 0.3) is 0 Å². The summed E-state index contributed by atoms with van der Waals surface area (Å²) in [6, 6.07) is 0. The number of carbonyl (C=O) groups is 3.